The molecule has 0 aromatic rings. The molecule has 0 aliphatic carbocycles. The van der Waals surface area contributed by atoms with E-state index in [2.05, 4.69) is 13.1 Å². The van der Waals surface area contributed by atoms with E-state index < -0.39 is 42.3 Å². The van der Waals surface area contributed by atoms with Crippen molar-refractivity contribution in [3.8, 4) is 0 Å². The van der Waals surface area contributed by atoms with Gasteiger partial charge in [-0.05, 0) is 6.92 Å². The van der Waals surface area contributed by atoms with Crippen molar-refractivity contribution in [2.45, 2.75) is 31.7 Å². The fourth-order valence-electron chi connectivity index (χ4n) is 1.64. The van der Waals surface area contributed by atoms with E-state index in [1.807, 2.05) is 0 Å². The van der Waals surface area contributed by atoms with Crippen LogP contribution in [0.25, 0.3) is 0 Å². The van der Waals surface area contributed by atoms with Crippen LogP contribution in [0, 0.1) is 0 Å². The van der Waals surface area contributed by atoms with Crippen molar-refractivity contribution in [2.24, 2.45) is 0 Å². The zero-order valence-corrected chi connectivity index (χ0v) is 14.2. The molecule has 0 aromatic heterocycles. The van der Waals surface area contributed by atoms with Crippen molar-refractivity contribution in [2.75, 3.05) is 13.7 Å². The second kappa shape index (κ2) is 7.48. The van der Waals surface area contributed by atoms with Crippen molar-refractivity contribution >= 4 is 23.5 Å². The summed E-state index contributed by atoms with van der Waals surface area (Å²) >= 11 is 0. The number of aliphatic hydroxyl groups excluding tert-OH is 1. The Morgan fingerprint density at radius 3 is 2.18 bits per heavy atom. The molecule has 0 amide bonds. The lowest BCUT2D eigenvalue weighted by Gasteiger charge is -2.21. The number of phosphoric acid groups is 3. The summed E-state index contributed by atoms with van der Waals surface area (Å²) in [6.45, 7) is 1.18. The maximum Gasteiger partial charge on any atom is 0.490 e. The van der Waals surface area contributed by atoms with Crippen LogP contribution in [0.1, 0.15) is 13.3 Å². The fourth-order valence-corrected chi connectivity index (χ4v) is 5.00. The average Bonchev–Trinajstić information content (AvgIpc) is 2.61. The molecule has 4 N–H and O–H groups in total. The SMILES string of the molecule is COP(=O)(OC[C@H]1O[C@@H](C)C[C@H]1O)OP(=O)(O)OP(=O)(O)O. The quantitative estimate of drug-likeness (QED) is 0.426. The highest BCUT2D eigenvalue weighted by Crippen LogP contribution is 2.68. The summed E-state index contributed by atoms with van der Waals surface area (Å²) in [5, 5.41) is 9.61. The molecule has 2 unspecified atom stereocenters. The van der Waals surface area contributed by atoms with E-state index in [-0.39, 0.29) is 6.10 Å². The van der Waals surface area contributed by atoms with E-state index in [0.29, 0.717) is 6.42 Å². The van der Waals surface area contributed by atoms with Crippen LogP contribution in [0.4, 0.5) is 0 Å². The monoisotopic (exact) mass is 386 g/mol. The van der Waals surface area contributed by atoms with Crippen molar-refractivity contribution in [1.29, 1.82) is 0 Å². The Bertz CT molecular complexity index is 515. The van der Waals surface area contributed by atoms with E-state index in [9.17, 15) is 18.8 Å². The molecule has 22 heavy (non-hydrogen) atoms. The Kier molecular flexibility index (Phi) is 6.93. The second-order valence-corrected chi connectivity index (χ2v) is 9.08. The molecule has 5 atom stereocenters. The predicted octanol–water partition coefficient (Wildman–Crippen LogP) is 0.522. The Morgan fingerprint density at radius 1 is 1.18 bits per heavy atom. The van der Waals surface area contributed by atoms with Gasteiger partial charge in [-0.1, -0.05) is 0 Å². The van der Waals surface area contributed by atoms with Gasteiger partial charge in [0.1, 0.15) is 6.10 Å². The number of ether oxygens (including phenoxy) is 1. The lowest BCUT2D eigenvalue weighted by molar-refractivity contribution is -0.0178. The first kappa shape index (κ1) is 20.4. The Balaban J connectivity index is 2.66. The molecule has 1 heterocycles. The maximum atomic E-state index is 12.0. The molecule has 0 aromatic carbocycles. The Labute approximate surface area is 125 Å². The molecule has 12 nitrogen and oxygen atoms in total. The summed E-state index contributed by atoms with van der Waals surface area (Å²) < 4.78 is 55.5. The van der Waals surface area contributed by atoms with Gasteiger partial charge in [0, 0.05) is 13.5 Å². The lowest BCUT2D eigenvalue weighted by atomic mass is 10.1. The first-order valence-corrected chi connectivity index (χ1v) is 10.3. The summed E-state index contributed by atoms with van der Waals surface area (Å²) in [5.74, 6) is 0. The summed E-state index contributed by atoms with van der Waals surface area (Å²) in [5.41, 5.74) is 0. The largest absolute Gasteiger partial charge is 0.490 e. The first-order chi connectivity index (χ1) is 9.86. The van der Waals surface area contributed by atoms with Crippen LogP contribution in [-0.4, -0.2) is 51.8 Å². The number of hydrogen-bond donors (Lipinski definition) is 4. The molecule has 1 fully saturated rings. The predicted molar refractivity (Wildman–Crippen MR) is 69.6 cm³/mol. The molecule has 1 aliphatic heterocycles. The minimum absolute atomic E-state index is 0.270. The molecular weight excluding hydrogens is 369 g/mol. The second-order valence-electron chi connectivity index (χ2n) is 4.34. The summed E-state index contributed by atoms with van der Waals surface area (Å²) in [7, 11) is -14.7. The molecule has 1 rings (SSSR count). The van der Waals surface area contributed by atoms with Gasteiger partial charge in [0.15, 0.2) is 0 Å². The standard InChI is InChI=1S/C7H17O12P3/c1-5-3-6(8)7(17-5)4-16-22(14,15-2)19-21(12,13)18-20(9,10)11/h5-8H,3-4H2,1-2H3,(H,12,13)(H2,9,10,11)/t5-,6+,7+,22?/m0/s1. The van der Waals surface area contributed by atoms with Gasteiger partial charge in [-0.25, -0.2) is 13.7 Å². The van der Waals surface area contributed by atoms with Gasteiger partial charge in [0.2, 0.25) is 0 Å². The van der Waals surface area contributed by atoms with Crippen LogP contribution in [0.3, 0.4) is 0 Å². The minimum atomic E-state index is -5.42. The van der Waals surface area contributed by atoms with Crippen molar-refractivity contribution < 1.29 is 55.9 Å². The van der Waals surface area contributed by atoms with E-state index in [1.165, 1.54) is 0 Å². The fraction of sp³-hybridized carbons (Fsp3) is 1.00. The molecule has 0 bridgehead atoms. The molecular formula is C7H17O12P3. The molecule has 15 heteroatoms. The van der Waals surface area contributed by atoms with Crippen LogP contribution in [0.5, 0.6) is 0 Å². The number of aliphatic hydroxyl groups is 1. The van der Waals surface area contributed by atoms with Crippen molar-refractivity contribution in [3.63, 3.8) is 0 Å². The molecule has 0 saturated carbocycles. The molecule has 132 valence electrons. The van der Waals surface area contributed by atoms with Crippen molar-refractivity contribution in [1.82, 2.24) is 0 Å². The number of rotatable bonds is 8. The van der Waals surface area contributed by atoms with Gasteiger partial charge in [-0.3, -0.25) is 9.05 Å². The molecule has 0 radical (unpaired) electrons. The van der Waals surface area contributed by atoms with E-state index in [1.54, 1.807) is 6.92 Å². The topological polar surface area (TPSA) is 178 Å². The van der Waals surface area contributed by atoms with Gasteiger partial charge >= 0.3 is 23.5 Å². The normalized spacial score (nSPS) is 31.6. The Hall–Kier alpha value is 0.330. The maximum absolute atomic E-state index is 12.0. The van der Waals surface area contributed by atoms with Crippen molar-refractivity contribution in [3.05, 3.63) is 0 Å². The highest BCUT2D eigenvalue weighted by atomic mass is 31.3. The van der Waals surface area contributed by atoms with Crippen LogP contribution in [-0.2, 0) is 36.1 Å². The summed E-state index contributed by atoms with van der Waals surface area (Å²) in [4.78, 5) is 26.0. The van der Waals surface area contributed by atoms with E-state index in [4.69, 9.17) is 23.9 Å². The van der Waals surface area contributed by atoms with E-state index >= 15 is 0 Å². The van der Waals surface area contributed by atoms with Gasteiger partial charge in [0.25, 0.3) is 0 Å². The molecule has 1 aliphatic rings. The zero-order valence-electron chi connectivity index (χ0n) is 11.5. The molecule has 0 spiro atoms. The number of phosphoric ester groups is 1. The van der Waals surface area contributed by atoms with Gasteiger partial charge in [-0.15, -0.1) is 0 Å². The third-order valence-electron chi connectivity index (χ3n) is 2.44. The smallest absolute Gasteiger partial charge is 0.390 e. The van der Waals surface area contributed by atoms with Gasteiger partial charge in [0.05, 0.1) is 18.8 Å². The summed E-state index contributed by atoms with van der Waals surface area (Å²) in [6, 6.07) is 0. The highest BCUT2D eigenvalue weighted by molar-refractivity contribution is 7.66. The zero-order chi connectivity index (χ0) is 17.2. The van der Waals surface area contributed by atoms with Gasteiger partial charge in [-0.2, -0.15) is 8.62 Å². The van der Waals surface area contributed by atoms with Crippen LogP contribution in [0.15, 0.2) is 0 Å². The lowest BCUT2D eigenvalue weighted by Crippen LogP contribution is -2.26. The van der Waals surface area contributed by atoms with E-state index in [0.717, 1.165) is 7.11 Å². The highest BCUT2D eigenvalue weighted by Gasteiger charge is 2.43. The van der Waals surface area contributed by atoms with Gasteiger partial charge < -0.3 is 24.5 Å². The van der Waals surface area contributed by atoms with Crippen LogP contribution in [0.2, 0.25) is 0 Å². The molecule has 1 saturated heterocycles. The minimum Gasteiger partial charge on any atom is -0.390 e. The van der Waals surface area contributed by atoms with Crippen LogP contribution < -0.4 is 0 Å². The third-order valence-corrected chi connectivity index (χ3v) is 6.66. The Morgan fingerprint density at radius 2 is 1.77 bits per heavy atom. The van der Waals surface area contributed by atoms with Crippen LogP contribution >= 0.6 is 23.5 Å². The number of hydrogen-bond acceptors (Lipinski definition) is 9. The first-order valence-electron chi connectivity index (χ1n) is 5.81. The summed E-state index contributed by atoms with van der Waals surface area (Å²) in [6.07, 6.45) is -1.74. The average molecular weight is 386 g/mol. The third kappa shape index (κ3) is 6.84.